The summed E-state index contributed by atoms with van der Waals surface area (Å²) in [6.07, 6.45) is 1.18. The molecule has 0 unspecified atom stereocenters. The Kier molecular flexibility index (Phi) is 5.07. The summed E-state index contributed by atoms with van der Waals surface area (Å²) >= 11 is 0. The molecule has 0 saturated carbocycles. The van der Waals surface area contributed by atoms with E-state index in [9.17, 15) is 14.9 Å². The van der Waals surface area contributed by atoms with Crippen LogP contribution in [0.25, 0.3) is 0 Å². The van der Waals surface area contributed by atoms with E-state index < -0.39 is 10.9 Å². The Morgan fingerprint density at radius 3 is 2.22 bits per heavy atom. The summed E-state index contributed by atoms with van der Waals surface area (Å²) in [6.45, 7) is 0. The number of hydrogen-bond donors (Lipinski definition) is 4. The quantitative estimate of drug-likeness (QED) is 0.366. The molecule has 0 bridgehead atoms. The number of rotatable bonds is 7. The second kappa shape index (κ2) is 7.78. The van der Waals surface area contributed by atoms with Crippen molar-refractivity contribution >= 4 is 34.7 Å². The molecular formula is C17H14N6O4. The van der Waals surface area contributed by atoms with Gasteiger partial charge in [-0.05, 0) is 36.4 Å². The fraction of sp³-hybridized carbons (Fsp3) is 0. The van der Waals surface area contributed by atoms with E-state index in [1.807, 2.05) is 18.2 Å². The Bertz CT molecular complexity index is 963. The maximum atomic E-state index is 11.5. The lowest BCUT2D eigenvalue weighted by atomic mass is 10.2. The maximum absolute atomic E-state index is 11.5. The first kappa shape index (κ1) is 17.6. The van der Waals surface area contributed by atoms with Crippen molar-refractivity contribution in [1.29, 1.82) is 0 Å². The van der Waals surface area contributed by atoms with E-state index in [0.717, 1.165) is 0 Å². The Morgan fingerprint density at radius 2 is 1.59 bits per heavy atom. The van der Waals surface area contributed by atoms with Gasteiger partial charge in [-0.15, -0.1) is 0 Å². The van der Waals surface area contributed by atoms with Gasteiger partial charge in [0.25, 0.3) is 0 Å². The Morgan fingerprint density at radius 1 is 0.926 bits per heavy atom. The van der Waals surface area contributed by atoms with Crippen molar-refractivity contribution in [3.8, 4) is 0 Å². The summed E-state index contributed by atoms with van der Waals surface area (Å²) in [5.41, 5.74) is 6.42. The van der Waals surface area contributed by atoms with Gasteiger partial charge < -0.3 is 10.4 Å². The molecule has 0 amide bonds. The molecule has 0 aliphatic heterocycles. The minimum absolute atomic E-state index is 0.0245. The summed E-state index contributed by atoms with van der Waals surface area (Å²) in [6, 6.07) is 14.8. The van der Waals surface area contributed by atoms with Gasteiger partial charge in [0.2, 0.25) is 11.6 Å². The van der Waals surface area contributed by atoms with Crippen LogP contribution < -0.4 is 16.2 Å². The van der Waals surface area contributed by atoms with E-state index in [1.165, 1.54) is 30.6 Å². The predicted octanol–water partition coefficient (Wildman–Crippen LogP) is 3.27. The van der Waals surface area contributed by atoms with Crippen LogP contribution in [0, 0.1) is 10.1 Å². The van der Waals surface area contributed by atoms with Gasteiger partial charge in [0, 0.05) is 5.69 Å². The highest BCUT2D eigenvalue weighted by atomic mass is 16.6. The first-order valence-electron chi connectivity index (χ1n) is 7.71. The molecule has 0 radical (unpaired) electrons. The Balaban J connectivity index is 1.84. The number of aromatic nitrogens is 2. The van der Waals surface area contributed by atoms with Crippen molar-refractivity contribution in [2.24, 2.45) is 0 Å². The number of anilines is 4. The van der Waals surface area contributed by atoms with E-state index in [2.05, 4.69) is 26.1 Å². The van der Waals surface area contributed by atoms with E-state index in [-0.39, 0.29) is 22.9 Å². The molecule has 0 fully saturated rings. The molecule has 0 aliphatic carbocycles. The van der Waals surface area contributed by atoms with Gasteiger partial charge in [0.15, 0.2) is 0 Å². The molecule has 3 aromatic rings. The molecule has 1 heterocycles. The number of aromatic carboxylic acids is 1. The Labute approximate surface area is 153 Å². The summed E-state index contributed by atoms with van der Waals surface area (Å²) in [5, 5.41) is 23.3. The molecule has 2 aromatic carbocycles. The average Bonchev–Trinajstić information content (AvgIpc) is 2.67. The van der Waals surface area contributed by atoms with Gasteiger partial charge >= 0.3 is 11.7 Å². The molecule has 27 heavy (non-hydrogen) atoms. The van der Waals surface area contributed by atoms with Crippen molar-refractivity contribution in [2.45, 2.75) is 0 Å². The largest absolute Gasteiger partial charge is 0.478 e. The van der Waals surface area contributed by atoms with E-state index in [4.69, 9.17) is 5.11 Å². The van der Waals surface area contributed by atoms with Crippen molar-refractivity contribution in [1.82, 2.24) is 9.97 Å². The zero-order valence-corrected chi connectivity index (χ0v) is 13.8. The number of carbonyl (C=O) groups is 1. The summed E-state index contributed by atoms with van der Waals surface area (Å²) in [5.74, 6) is -1.12. The number of hydrazine groups is 1. The third-order valence-corrected chi connectivity index (χ3v) is 3.50. The SMILES string of the molecule is O=C(O)c1ccc(Nc2ncnc(NNc3ccccc3)c2[N+](=O)[O-])cc1. The summed E-state index contributed by atoms with van der Waals surface area (Å²) in [4.78, 5) is 29.7. The third kappa shape index (κ3) is 4.25. The smallest absolute Gasteiger partial charge is 0.355 e. The van der Waals surface area contributed by atoms with Gasteiger partial charge in [-0.25, -0.2) is 14.8 Å². The van der Waals surface area contributed by atoms with Crippen LogP contribution in [0.5, 0.6) is 0 Å². The lowest BCUT2D eigenvalue weighted by Crippen LogP contribution is -2.13. The number of benzene rings is 2. The molecule has 4 N–H and O–H groups in total. The number of carboxylic acid groups (broad SMARTS) is 1. The number of nitrogens with zero attached hydrogens (tertiary/aromatic N) is 3. The number of hydrogen-bond acceptors (Lipinski definition) is 8. The molecule has 1 aromatic heterocycles. The fourth-order valence-corrected chi connectivity index (χ4v) is 2.22. The van der Waals surface area contributed by atoms with Crippen LogP contribution in [0.1, 0.15) is 10.4 Å². The van der Waals surface area contributed by atoms with Gasteiger partial charge in [-0.1, -0.05) is 18.2 Å². The van der Waals surface area contributed by atoms with E-state index in [0.29, 0.717) is 11.4 Å². The normalized spacial score (nSPS) is 10.1. The zero-order chi connectivity index (χ0) is 19.2. The number of carboxylic acids is 1. The van der Waals surface area contributed by atoms with Crippen LogP contribution >= 0.6 is 0 Å². The van der Waals surface area contributed by atoms with Crippen LogP contribution in [0.4, 0.5) is 28.7 Å². The van der Waals surface area contributed by atoms with Crippen LogP contribution in [-0.2, 0) is 0 Å². The average molecular weight is 366 g/mol. The molecular weight excluding hydrogens is 352 g/mol. The van der Waals surface area contributed by atoms with Gasteiger partial charge in [0.1, 0.15) is 6.33 Å². The topological polar surface area (TPSA) is 142 Å². The molecule has 136 valence electrons. The maximum Gasteiger partial charge on any atom is 0.355 e. The van der Waals surface area contributed by atoms with E-state index >= 15 is 0 Å². The second-order valence-electron chi connectivity index (χ2n) is 5.30. The van der Waals surface area contributed by atoms with Crippen molar-refractivity contribution in [3.05, 3.63) is 76.6 Å². The second-order valence-corrected chi connectivity index (χ2v) is 5.30. The molecule has 10 nitrogen and oxygen atoms in total. The third-order valence-electron chi connectivity index (χ3n) is 3.50. The monoisotopic (exact) mass is 366 g/mol. The summed E-state index contributed by atoms with van der Waals surface area (Å²) < 4.78 is 0. The molecule has 0 spiro atoms. The van der Waals surface area contributed by atoms with Crippen molar-refractivity contribution < 1.29 is 14.8 Å². The molecule has 10 heteroatoms. The van der Waals surface area contributed by atoms with Gasteiger partial charge in [-0.3, -0.25) is 21.0 Å². The van der Waals surface area contributed by atoms with E-state index in [1.54, 1.807) is 12.1 Å². The number of nitrogens with one attached hydrogen (secondary N) is 3. The highest BCUT2D eigenvalue weighted by Gasteiger charge is 2.23. The number of para-hydroxylation sites is 1. The zero-order valence-electron chi connectivity index (χ0n) is 13.8. The van der Waals surface area contributed by atoms with Crippen LogP contribution in [0.2, 0.25) is 0 Å². The molecule has 3 rings (SSSR count). The number of nitro groups is 1. The predicted molar refractivity (Wildman–Crippen MR) is 99.1 cm³/mol. The minimum atomic E-state index is -1.06. The summed E-state index contributed by atoms with van der Waals surface area (Å²) in [7, 11) is 0. The van der Waals surface area contributed by atoms with Crippen LogP contribution in [0.3, 0.4) is 0 Å². The molecule has 0 aliphatic rings. The van der Waals surface area contributed by atoms with Crippen LogP contribution in [0.15, 0.2) is 60.9 Å². The lowest BCUT2D eigenvalue weighted by molar-refractivity contribution is -0.383. The van der Waals surface area contributed by atoms with Crippen LogP contribution in [-0.4, -0.2) is 26.0 Å². The lowest BCUT2D eigenvalue weighted by Gasteiger charge is -2.11. The minimum Gasteiger partial charge on any atom is -0.478 e. The molecule has 0 atom stereocenters. The fourth-order valence-electron chi connectivity index (χ4n) is 2.22. The molecule has 0 saturated heterocycles. The van der Waals surface area contributed by atoms with Crippen molar-refractivity contribution in [3.63, 3.8) is 0 Å². The Hall–Kier alpha value is -4.21. The highest BCUT2D eigenvalue weighted by Crippen LogP contribution is 2.31. The van der Waals surface area contributed by atoms with Gasteiger partial charge in [0.05, 0.1) is 16.2 Å². The van der Waals surface area contributed by atoms with Crippen molar-refractivity contribution in [2.75, 3.05) is 16.2 Å². The highest BCUT2D eigenvalue weighted by molar-refractivity contribution is 5.88. The first-order chi connectivity index (χ1) is 13.0. The van der Waals surface area contributed by atoms with Gasteiger partial charge in [-0.2, -0.15) is 0 Å². The first-order valence-corrected chi connectivity index (χ1v) is 7.71. The standard InChI is InChI=1S/C17H14N6O4/c24-17(25)11-6-8-12(9-7-11)20-15-14(23(26)27)16(19-10-18-15)22-21-13-4-2-1-3-5-13/h1-10,21H,(H,24,25)(H2,18,19,20,22).